The number of carbonyl (C=O) groups is 1. The summed E-state index contributed by atoms with van der Waals surface area (Å²) in [6.45, 7) is 3.75. The molecule has 4 nitrogen and oxygen atoms in total. The second-order valence-corrected chi connectivity index (χ2v) is 5.85. The highest BCUT2D eigenvalue weighted by Gasteiger charge is 2.37. The molecule has 0 spiro atoms. The van der Waals surface area contributed by atoms with Crippen molar-refractivity contribution in [1.29, 1.82) is 0 Å². The first kappa shape index (κ1) is 14.7. The molecule has 108 valence electrons. The van der Waals surface area contributed by atoms with Crippen molar-refractivity contribution in [3.05, 3.63) is 11.6 Å². The Bertz CT molecular complexity index is 354. The van der Waals surface area contributed by atoms with E-state index in [1.807, 2.05) is 11.9 Å². The van der Waals surface area contributed by atoms with Crippen LogP contribution in [-0.2, 0) is 4.79 Å². The van der Waals surface area contributed by atoms with Gasteiger partial charge >= 0.3 is 0 Å². The molecule has 0 aliphatic carbocycles. The lowest BCUT2D eigenvalue weighted by Gasteiger charge is -2.29. The van der Waals surface area contributed by atoms with Crippen molar-refractivity contribution < 1.29 is 9.90 Å². The Kier molecular flexibility index (Phi) is 5.13. The quantitative estimate of drug-likeness (QED) is 0.738. The number of aliphatic hydroxyl groups is 1. The van der Waals surface area contributed by atoms with Crippen molar-refractivity contribution in [3.63, 3.8) is 0 Å². The highest BCUT2D eigenvalue weighted by Crippen LogP contribution is 2.35. The average molecular weight is 266 g/mol. The number of hydrogen-bond acceptors (Lipinski definition) is 4. The van der Waals surface area contributed by atoms with E-state index < -0.39 is 0 Å². The second kappa shape index (κ2) is 6.64. The average Bonchev–Trinajstić information content (AvgIpc) is 2.64. The van der Waals surface area contributed by atoms with Gasteiger partial charge in [0.1, 0.15) is 0 Å². The Balaban J connectivity index is 1.96. The molecule has 1 fully saturated rings. The van der Waals surface area contributed by atoms with Gasteiger partial charge < -0.3 is 5.11 Å². The van der Waals surface area contributed by atoms with E-state index >= 15 is 0 Å². The first-order chi connectivity index (χ1) is 9.13. The van der Waals surface area contributed by atoms with Crippen LogP contribution in [0.25, 0.3) is 0 Å². The highest BCUT2D eigenvalue weighted by molar-refractivity contribution is 5.94. The standard InChI is InChI=1S/C15H26N2O2/c1-12(19)14-6-3-5-13-7-8-15(14)17(13)10-4-9-16(2)11-18/h6,13,15,18H,3-5,7-11H2,1-2H3/t13-,15?/m0/s1. The summed E-state index contributed by atoms with van der Waals surface area (Å²) >= 11 is 0. The lowest BCUT2D eigenvalue weighted by atomic mass is 9.97. The zero-order valence-corrected chi connectivity index (χ0v) is 12.1. The first-order valence-electron chi connectivity index (χ1n) is 7.39. The number of allylic oxidation sites excluding steroid dienone is 1. The van der Waals surface area contributed by atoms with Gasteiger partial charge in [0.2, 0.25) is 0 Å². The van der Waals surface area contributed by atoms with Crippen LogP contribution in [0.2, 0.25) is 0 Å². The zero-order chi connectivity index (χ0) is 13.8. The summed E-state index contributed by atoms with van der Waals surface area (Å²) in [6.07, 6.45) is 7.80. The van der Waals surface area contributed by atoms with Crippen LogP contribution in [0.15, 0.2) is 11.6 Å². The van der Waals surface area contributed by atoms with Gasteiger partial charge in [-0.05, 0) is 46.1 Å². The number of nitrogens with zero attached hydrogens (tertiary/aromatic N) is 2. The molecule has 2 aliphatic rings. The minimum atomic E-state index is 0.117. The van der Waals surface area contributed by atoms with Gasteiger partial charge in [-0.25, -0.2) is 0 Å². The Morgan fingerprint density at radius 1 is 1.47 bits per heavy atom. The molecule has 0 aromatic heterocycles. The van der Waals surface area contributed by atoms with Crippen LogP contribution in [0.1, 0.15) is 39.0 Å². The number of ketones is 1. The summed E-state index contributed by atoms with van der Waals surface area (Å²) in [5.41, 5.74) is 1.04. The SMILES string of the molecule is CC(=O)C1=CCC[C@H]2CCC1N2CCCN(C)CO. The predicted octanol–water partition coefficient (Wildman–Crippen LogP) is 1.40. The van der Waals surface area contributed by atoms with Crippen molar-refractivity contribution in [1.82, 2.24) is 9.80 Å². The van der Waals surface area contributed by atoms with Crippen molar-refractivity contribution in [2.45, 2.75) is 51.1 Å². The number of fused-ring (bicyclic) bond motifs is 2. The molecule has 0 aromatic carbocycles. The number of rotatable bonds is 6. The Morgan fingerprint density at radius 2 is 2.26 bits per heavy atom. The maximum atomic E-state index is 11.8. The normalized spacial score (nSPS) is 27.5. The molecule has 1 N–H and O–H groups in total. The molecule has 0 radical (unpaired) electrons. The summed E-state index contributed by atoms with van der Waals surface area (Å²) in [5.74, 6) is 0.241. The third kappa shape index (κ3) is 3.44. The minimum Gasteiger partial charge on any atom is -0.381 e. The Morgan fingerprint density at radius 3 is 2.95 bits per heavy atom. The number of hydrogen-bond donors (Lipinski definition) is 1. The zero-order valence-electron chi connectivity index (χ0n) is 12.1. The topological polar surface area (TPSA) is 43.8 Å². The molecule has 0 aromatic rings. The number of Topliss-reactive ketones (excluding diaryl/α,β-unsaturated/α-hetero) is 1. The maximum absolute atomic E-state index is 11.8. The molecule has 1 saturated heterocycles. The van der Waals surface area contributed by atoms with Crippen molar-refractivity contribution in [2.75, 3.05) is 26.9 Å². The molecule has 2 atom stereocenters. The molecule has 2 bridgehead atoms. The molecular formula is C15H26N2O2. The van der Waals surface area contributed by atoms with E-state index in [-0.39, 0.29) is 12.5 Å². The summed E-state index contributed by atoms with van der Waals surface area (Å²) in [4.78, 5) is 16.2. The van der Waals surface area contributed by atoms with Gasteiger partial charge in [0.05, 0.1) is 6.73 Å². The summed E-state index contributed by atoms with van der Waals surface area (Å²) in [7, 11) is 1.93. The maximum Gasteiger partial charge on any atom is 0.157 e. The lowest BCUT2D eigenvalue weighted by molar-refractivity contribution is -0.114. The van der Waals surface area contributed by atoms with Crippen molar-refractivity contribution >= 4 is 5.78 Å². The van der Waals surface area contributed by atoms with Gasteiger partial charge in [0, 0.05) is 30.7 Å². The van der Waals surface area contributed by atoms with Gasteiger partial charge in [0.15, 0.2) is 5.78 Å². The summed E-state index contributed by atoms with van der Waals surface area (Å²) < 4.78 is 0. The van der Waals surface area contributed by atoms with E-state index in [1.54, 1.807) is 6.92 Å². The van der Waals surface area contributed by atoms with Crippen LogP contribution in [0.3, 0.4) is 0 Å². The van der Waals surface area contributed by atoms with Crippen LogP contribution in [0, 0.1) is 0 Å². The summed E-state index contributed by atoms with van der Waals surface area (Å²) in [6, 6.07) is 1.00. The van der Waals surface area contributed by atoms with Gasteiger partial charge in [-0.1, -0.05) is 6.08 Å². The van der Waals surface area contributed by atoms with Gasteiger partial charge in [-0.15, -0.1) is 0 Å². The fourth-order valence-corrected chi connectivity index (χ4v) is 3.46. The number of aliphatic hydroxyl groups excluding tert-OH is 1. The minimum absolute atomic E-state index is 0.117. The highest BCUT2D eigenvalue weighted by atomic mass is 16.3. The smallest absolute Gasteiger partial charge is 0.157 e. The van der Waals surface area contributed by atoms with Crippen LogP contribution in [0.4, 0.5) is 0 Å². The van der Waals surface area contributed by atoms with Crippen LogP contribution in [0.5, 0.6) is 0 Å². The van der Waals surface area contributed by atoms with E-state index in [0.717, 1.165) is 37.9 Å². The Labute approximate surface area is 116 Å². The van der Waals surface area contributed by atoms with E-state index in [4.69, 9.17) is 5.11 Å². The molecule has 4 heteroatoms. The lowest BCUT2D eigenvalue weighted by Crippen LogP contribution is -2.39. The van der Waals surface area contributed by atoms with Gasteiger partial charge in [0.25, 0.3) is 0 Å². The van der Waals surface area contributed by atoms with Crippen LogP contribution >= 0.6 is 0 Å². The molecule has 1 unspecified atom stereocenters. The molecule has 0 amide bonds. The molecule has 2 aliphatic heterocycles. The van der Waals surface area contributed by atoms with Gasteiger partial charge in [-0.3, -0.25) is 14.6 Å². The van der Waals surface area contributed by atoms with E-state index in [9.17, 15) is 4.79 Å². The Hall–Kier alpha value is -0.710. The first-order valence-corrected chi connectivity index (χ1v) is 7.39. The second-order valence-electron chi connectivity index (χ2n) is 5.85. The molecule has 2 rings (SSSR count). The van der Waals surface area contributed by atoms with Crippen molar-refractivity contribution in [3.8, 4) is 0 Å². The van der Waals surface area contributed by atoms with E-state index in [1.165, 1.54) is 12.8 Å². The van der Waals surface area contributed by atoms with Crippen LogP contribution < -0.4 is 0 Å². The molecular weight excluding hydrogens is 240 g/mol. The van der Waals surface area contributed by atoms with E-state index in [2.05, 4.69) is 11.0 Å². The van der Waals surface area contributed by atoms with E-state index in [0.29, 0.717) is 12.1 Å². The molecule has 0 saturated carbocycles. The third-order valence-electron chi connectivity index (χ3n) is 4.47. The third-order valence-corrected chi connectivity index (χ3v) is 4.47. The molecule has 2 heterocycles. The largest absolute Gasteiger partial charge is 0.381 e. The monoisotopic (exact) mass is 266 g/mol. The molecule has 19 heavy (non-hydrogen) atoms. The van der Waals surface area contributed by atoms with Crippen LogP contribution in [-0.4, -0.2) is 59.6 Å². The van der Waals surface area contributed by atoms with Crippen molar-refractivity contribution in [2.24, 2.45) is 0 Å². The fourth-order valence-electron chi connectivity index (χ4n) is 3.46. The van der Waals surface area contributed by atoms with Gasteiger partial charge in [-0.2, -0.15) is 0 Å². The summed E-state index contributed by atoms with van der Waals surface area (Å²) in [5, 5.41) is 9.01. The predicted molar refractivity (Wildman–Crippen MR) is 75.8 cm³/mol. The fraction of sp³-hybridized carbons (Fsp3) is 0.800. The number of carbonyl (C=O) groups excluding carboxylic acids is 1.